The van der Waals surface area contributed by atoms with Gasteiger partial charge in [0.1, 0.15) is 5.82 Å². The van der Waals surface area contributed by atoms with Gasteiger partial charge in [-0.15, -0.1) is 0 Å². The highest BCUT2D eigenvalue weighted by atomic mass is 32.2. The highest BCUT2D eigenvalue weighted by Gasteiger charge is 2.12. The smallest absolute Gasteiger partial charge is 0.175 e. The van der Waals surface area contributed by atoms with Crippen molar-refractivity contribution >= 4 is 21.4 Å². The average Bonchev–Trinajstić information content (AvgIpc) is 2.97. The van der Waals surface area contributed by atoms with Crippen LogP contribution in [0.25, 0.3) is 21.6 Å². The van der Waals surface area contributed by atoms with Gasteiger partial charge >= 0.3 is 0 Å². The van der Waals surface area contributed by atoms with Crippen LogP contribution in [0.15, 0.2) is 59.6 Å². The van der Waals surface area contributed by atoms with E-state index in [-0.39, 0.29) is 10.7 Å². The van der Waals surface area contributed by atoms with Crippen LogP contribution < -0.4 is 0 Å². The molecule has 0 bridgehead atoms. The minimum absolute atomic E-state index is 0.282. The fourth-order valence-electron chi connectivity index (χ4n) is 2.14. The van der Waals surface area contributed by atoms with Gasteiger partial charge in [-0.2, -0.15) is 4.37 Å². The summed E-state index contributed by atoms with van der Waals surface area (Å²) in [7, 11) is -3.21. The lowest BCUT2D eigenvalue weighted by Gasteiger charge is -2.04. The zero-order valence-electron chi connectivity index (χ0n) is 11.7. The fraction of sp³-hybridized carbons (Fsp3) is 0.0625. The van der Waals surface area contributed by atoms with E-state index >= 15 is 0 Å². The minimum Gasteiger partial charge on any atom is -0.224 e. The van der Waals surface area contributed by atoms with Crippen molar-refractivity contribution in [1.82, 2.24) is 4.37 Å². The van der Waals surface area contributed by atoms with E-state index in [1.807, 2.05) is 0 Å². The van der Waals surface area contributed by atoms with Crippen LogP contribution >= 0.6 is 11.5 Å². The number of hydrogen-bond donors (Lipinski definition) is 0. The van der Waals surface area contributed by atoms with Crippen LogP contribution in [0.3, 0.4) is 0 Å². The Morgan fingerprint density at radius 3 is 2.14 bits per heavy atom. The lowest BCUT2D eigenvalue weighted by molar-refractivity contribution is 0.602. The molecular weight excluding hydrogens is 321 g/mol. The first-order valence-corrected chi connectivity index (χ1v) is 9.13. The van der Waals surface area contributed by atoms with E-state index in [2.05, 4.69) is 4.37 Å². The molecule has 1 heterocycles. The number of aromatic nitrogens is 1. The van der Waals surface area contributed by atoms with Gasteiger partial charge in [-0.05, 0) is 46.9 Å². The van der Waals surface area contributed by atoms with Crippen LogP contribution in [-0.4, -0.2) is 19.0 Å². The lowest BCUT2D eigenvalue weighted by atomic mass is 10.0. The van der Waals surface area contributed by atoms with Crippen molar-refractivity contribution in [3.05, 3.63) is 60.5 Å². The summed E-state index contributed by atoms with van der Waals surface area (Å²) in [5, 5.41) is 0. The maximum Gasteiger partial charge on any atom is 0.175 e. The molecule has 0 aliphatic carbocycles. The summed E-state index contributed by atoms with van der Waals surface area (Å²) in [4.78, 5) is 1.20. The van der Waals surface area contributed by atoms with Crippen LogP contribution in [0.1, 0.15) is 0 Å². The molecule has 0 spiro atoms. The van der Waals surface area contributed by atoms with Crippen molar-refractivity contribution < 1.29 is 12.8 Å². The van der Waals surface area contributed by atoms with Gasteiger partial charge in [-0.25, -0.2) is 12.8 Å². The molecule has 2 aromatic carbocycles. The maximum absolute atomic E-state index is 13.0. The van der Waals surface area contributed by atoms with E-state index in [9.17, 15) is 12.8 Å². The Labute approximate surface area is 132 Å². The van der Waals surface area contributed by atoms with Crippen molar-refractivity contribution in [2.45, 2.75) is 4.90 Å². The molecule has 6 heteroatoms. The molecule has 0 fully saturated rings. The molecule has 0 aliphatic rings. The molecular formula is C16H12FNO2S2. The van der Waals surface area contributed by atoms with Gasteiger partial charge in [0.2, 0.25) is 0 Å². The molecule has 0 amide bonds. The Hall–Kier alpha value is -2.05. The van der Waals surface area contributed by atoms with E-state index < -0.39 is 9.84 Å². The molecule has 0 saturated heterocycles. The van der Waals surface area contributed by atoms with E-state index in [0.29, 0.717) is 0 Å². The molecule has 3 aromatic rings. The number of rotatable bonds is 3. The van der Waals surface area contributed by atoms with Gasteiger partial charge in [-0.3, -0.25) is 0 Å². The fourth-order valence-corrected chi connectivity index (χ4v) is 3.54. The SMILES string of the molecule is CS(=O)(=O)c1ccc(-c2sncc2-c2ccc(F)cc2)cc1. The summed E-state index contributed by atoms with van der Waals surface area (Å²) in [6.07, 6.45) is 2.91. The Morgan fingerprint density at radius 1 is 0.955 bits per heavy atom. The number of sulfone groups is 1. The summed E-state index contributed by atoms with van der Waals surface area (Å²) in [6.45, 7) is 0. The molecule has 3 nitrogen and oxygen atoms in total. The first-order chi connectivity index (χ1) is 10.4. The van der Waals surface area contributed by atoms with Crippen molar-refractivity contribution in [3.63, 3.8) is 0 Å². The van der Waals surface area contributed by atoms with Crippen molar-refractivity contribution in [2.24, 2.45) is 0 Å². The number of benzene rings is 2. The molecule has 0 atom stereocenters. The van der Waals surface area contributed by atoms with Gasteiger partial charge in [0.25, 0.3) is 0 Å². The van der Waals surface area contributed by atoms with E-state index in [0.717, 1.165) is 21.6 Å². The summed E-state index contributed by atoms with van der Waals surface area (Å²) >= 11 is 1.32. The summed E-state index contributed by atoms with van der Waals surface area (Å²) in [5.74, 6) is -0.286. The lowest BCUT2D eigenvalue weighted by Crippen LogP contribution is -1.96. The molecule has 3 rings (SSSR count). The van der Waals surface area contributed by atoms with E-state index in [4.69, 9.17) is 0 Å². The minimum atomic E-state index is -3.21. The van der Waals surface area contributed by atoms with Gasteiger partial charge in [0.15, 0.2) is 9.84 Å². The number of hydrogen-bond acceptors (Lipinski definition) is 4. The largest absolute Gasteiger partial charge is 0.224 e. The second kappa shape index (κ2) is 5.62. The Kier molecular flexibility index (Phi) is 3.80. The van der Waals surface area contributed by atoms with Gasteiger partial charge < -0.3 is 0 Å². The highest BCUT2D eigenvalue weighted by Crippen LogP contribution is 2.35. The molecule has 112 valence electrons. The Balaban J connectivity index is 2.03. The molecule has 0 radical (unpaired) electrons. The molecule has 0 aliphatic heterocycles. The van der Waals surface area contributed by atoms with Crippen molar-refractivity contribution in [1.29, 1.82) is 0 Å². The molecule has 0 saturated carbocycles. The molecule has 0 N–H and O–H groups in total. The first-order valence-electron chi connectivity index (χ1n) is 6.46. The monoisotopic (exact) mass is 333 g/mol. The van der Waals surface area contributed by atoms with Crippen LogP contribution in [0, 0.1) is 5.82 Å². The van der Waals surface area contributed by atoms with E-state index in [1.165, 1.54) is 29.9 Å². The van der Waals surface area contributed by atoms with Crippen molar-refractivity contribution in [3.8, 4) is 21.6 Å². The topological polar surface area (TPSA) is 47.0 Å². The Morgan fingerprint density at radius 2 is 1.55 bits per heavy atom. The average molecular weight is 333 g/mol. The first kappa shape index (κ1) is 14.9. The standard InChI is InChI=1S/C16H12FNO2S2/c1-22(19,20)14-8-4-12(5-9-14)16-15(10-18-21-16)11-2-6-13(17)7-3-11/h2-10H,1H3. The van der Waals surface area contributed by atoms with Gasteiger partial charge in [0.05, 0.1) is 9.77 Å². The number of halogens is 1. The summed E-state index contributed by atoms with van der Waals surface area (Å²) in [6, 6.07) is 12.9. The molecule has 1 aromatic heterocycles. The second-order valence-corrected chi connectivity index (χ2v) is 7.69. The quantitative estimate of drug-likeness (QED) is 0.727. The third kappa shape index (κ3) is 2.93. The van der Waals surface area contributed by atoms with Crippen molar-refractivity contribution in [2.75, 3.05) is 6.26 Å². The predicted octanol–water partition coefficient (Wildman–Crippen LogP) is 4.02. The van der Waals surface area contributed by atoms with Gasteiger partial charge in [0, 0.05) is 18.0 Å². The normalized spacial score (nSPS) is 11.5. The highest BCUT2D eigenvalue weighted by molar-refractivity contribution is 7.90. The summed E-state index contributed by atoms with van der Waals surface area (Å²) < 4.78 is 40.2. The van der Waals surface area contributed by atoms with Gasteiger partial charge in [-0.1, -0.05) is 24.3 Å². The second-order valence-electron chi connectivity index (χ2n) is 4.87. The predicted molar refractivity (Wildman–Crippen MR) is 86.1 cm³/mol. The third-order valence-corrected chi connectivity index (χ3v) is 5.25. The van der Waals surface area contributed by atoms with Crippen LogP contribution in [0.2, 0.25) is 0 Å². The van der Waals surface area contributed by atoms with Crippen LogP contribution in [0.4, 0.5) is 4.39 Å². The Bertz CT molecular complexity index is 898. The van der Waals surface area contributed by atoms with Crippen LogP contribution in [-0.2, 0) is 9.84 Å². The summed E-state index contributed by atoms with van der Waals surface area (Å²) in [5.41, 5.74) is 2.66. The maximum atomic E-state index is 13.0. The molecule has 22 heavy (non-hydrogen) atoms. The zero-order chi connectivity index (χ0) is 15.7. The van der Waals surface area contributed by atoms with E-state index in [1.54, 1.807) is 42.6 Å². The zero-order valence-corrected chi connectivity index (χ0v) is 13.3. The van der Waals surface area contributed by atoms with Crippen LogP contribution in [0.5, 0.6) is 0 Å². The molecule has 0 unspecified atom stereocenters. The third-order valence-electron chi connectivity index (χ3n) is 3.27. The number of nitrogens with zero attached hydrogens (tertiary/aromatic N) is 1.